The Bertz CT molecular complexity index is 1150. The molecule has 7 heteroatoms. The molecule has 1 amide bonds. The van der Waals surface area contributed by atoms with Crippen LogP contribution in [0.1, 0.15) is 0 Å². The smallest absolute Gasteiger partial charge is 0.258 e. The maximum atomic E-state index is 14.4. The largest absolute Gasteiger partial charge is 0.484 e. The second-order valence-corrected chi connectivity index (χ2v) is 6.82. The average Bonchev–Trinajstić information content (AvgIpc) is 3.23. The molecule has 0 unspecified atom stereocenters. The molecule has 0 saturated heterocycles. The van der Waals surface area contributed by atoms with Gasteiger partial charge in [-0.15, -0.1) is 0 Å². The van der Waals surface area contributed by atoms with Crippen molar-refractivity contribution in [3.8, 4) is 28.1 Å². The molecule has 2 aromatic heterocycles. The number of para-hydroxylation sites is 1. The fraction of sp³-hybridized carbons (Fsp3) is 0.125. The van der Waals surface area contributed by atoms with Crippen molar-refractivity contribution in [3.05, 3.63) is 91.1 Å². The van der Waals surface area contributed by atoms with E-state index in [-0.39, 0.29) is 18.3 Å². The molecule has 156 valence electrons. The van der Waals surface area contributed by atoms with E-state index in [0.717, 1.165) is 11.1 Å². The molecular formula is C24H21FN4O2. The van der Waals surface area contributed by atoms with Crippen LogP contribution in [0.2, 0.25) is 0 Å². The minimum Gasteiger partial charge on any atom is -0.484 e. The number of pyridine rings is 1. The van der Waals surface area contributed by atoms with E-state index < -0.39 is 0 Å². The Hall–Kier alpha value is -4.00. The number of nitrogens with one attached hydrogen (secondary N) is 1. The number of carbonyl (C=O) groups is 1. The highest BCUT2D eigenvalue weighted by atomic mass is 19.1. The zero-order valence-electron chi connectivity index (χ0n) is 16.7. The van der Waals surface area contributed by atoms with Gasteiger partial charge in [-0.1, -0.05) is 30.3 Å². The standard InChI is InChI=1S/C24H21FN4O2/c25-22-9-5-4-8-20(22)24-21(18-10-12-26-13-11-18)16-29(28-24)15-14-27-23(30)17-31-19-6-2-1-3-7-19/h1-13,16H,14-15,17H2,(H,27,30). The topological polar surface area (TPSA) is 69.0 Å². The van der Waals surface area contributed by atoms with Gasteiger partial charge >= 0.3 is 0 Å². The minimum atomic E-state index is -0.339. The van der Waals surface area contributed by atoms with Crippen LogP contribution in [0, 0.1) is 5.82 Å². The first-order chi connectivity index (χ1) is 15.2. The quantitative estimate of drug-likeness (QED) is 0.472. The van der Waals surface area contributed by atoms with Gasteiger partial charge in [-0.05, 0) is 42.0 Å². The van der Waals surface area contributed by atoms with Crippen molar-refractivity contribution in [1.82, 2.24) is 20.1 Å². The maximum absolute atomic E-state index is 14.4. The van der Waals surface area contributed by atoms with Gasteiger partial charge in [0.1, 0.15) is 17.3 Å². The summed E-state index contributed by atoms with van der Waals surface area (Å²) in [6.45, 7) is 0.737. The zero-order chi connectivity index (χ0) is 21.5. The summed E-state index contributed by atoms with van der Waals surface area (Å²) in [7, 11) is 0. The molecule has 0 aliphatic heterocycles. The third-order valence-electron chi connectivity index (χ3n) is 4.66. The summed E-state index contributed by atoms with van der Waals surface area (Å²) in [6.07, 6.45) is 5.22. The van der Waals surface area contributed by atoms with Crippen molar-refractivity contribution in [2.45, 2.75) is 6.54 Å². The van der Waals surface area contributed by atoms with Gasteiger partial charge in [0.25, 0.3) is 5.91 Å². The van der Waals surface area contributed by atoms with E-state index in [1.165, 1.54) is 6.07 Å². The second-order valence-electron chi connectivity index (χ2n) is 6.82. The van der Waals surface area contributed by atoms with E-state index in [9.17, 15) is 9.18 Å². The second kappa shape index (κ2) is 9.67. The third kappa shape index (κ3) is 5.14. The molecular weight excluding hydrogens is 395 g/mol. The molecule has 2 heterocycles. The van der Waals surface area contributed by atoms with E-state index in [4.69, 9.17) is 4.74 Å². The van der Waals surface area contributed by atoms with Crippen molar-refractivity contribution < 1.29 is 13.9 Å². The van der Waals surface area contributed by atoms with Crippen LogP contribution in [0.25, 0.3) is 22.4 Å². The molecule has 4 aromatic rings. The van der Waals surface area contributed by atoms with Crippen LogP contribution in [0.15, 0.2) is 85.3 Å². The Morgan fingerprint density at radius 2 is 1.71 bits per heavy atom. The van der Waals surface area contributed by atoms with Gasteiger partial charge in [0.2, 0.25) is 0 Å². The van der Waals surface area contributed by atoms with Crippen molar-refractivity contribution in [1.29, 1.82) is 0 Å². The van der Waals surface area contributed by atoms with E-state index in [0.29, 0.717) is 30.1 Å². The Labute approximate surface area is 179 Å². The molecule has 31 heavy (non-hydrogen) atoms. The van der Waals surface area contributed by atoms with Crippen LogP contribution in [0.4, 0.5) is 4.39 Å². The van der Waals surface area contributed by atoms with Gasteiger partial charge in [0.15, 0.2) is 6.61 Å². The average molecular weight is 416 g/mol. The molecule has 2 aromatic carbocycles. The fourth-order valence-corrected chi connectivity index (χ4v) is 3.16. The highest BCUT2D eigenvalue weighted by molar-refractivity contribution is 5.80. The number of carbonyl (C=O) groups excluding carboxylic acids is 1. The van der Waals surface area contributed by atoms with Crippen LogP contribution < -0.4 is 10.1 Å². The van der Waals surface area contributed by atoms with Crippen LogP contribution in [0.5, 0.6) is 5.75 Å². The predicted octanol–water partition coefficient (Wildman–Crippen LogP) is 3.95. The van der Waals surface area contributed by atoms with Crippen LogP contribution in [-0.2, 0) is 11.3 Å². The van der Waals surface area contributed by atoms with E-state index in [1.54, 1.807) is 47.4 Å². The highest BCUT2D eigenvalue weighted by Gasteiger charge is 2.16. The third-order valence-corrected chi connectivity index (χ3v) is 4.66. The summed E-state index contributed by atoms with van der Waals surface area (Å²) in [5, 5.41) is 7.39. The molecule has 6 nitrogen and oxygen atoms in total. The predicted molar refractivity (Wildman–Crippen MR) is 116 cm³/mol. The van der Waals surface area contributed by atoms with Gasteiger partial charge in [0.05, 0.1) is 6.54 Å². The molecule has 0 atom stereocenters. The number of benzene rings is 2. The van der Waals surface area contributed by atoms with Gasteiger partial charge in [-0.3, -0.25) is 14.5 Å². The number of halogens is 1. The molecule has 0 radical (unpaired) electrons. The number of amides is 1. The summed E-state index contributed by atoms with van der Waals surface area (Å²) in [4.78, 5) is 16.1. The van der Waals surface area contributed by atoms with Gasteiger partial charge in [0, 0.05) is 36.3 Å². The van der Waals surface area contributed by atoms with Crippen molar-refractivity contribution >= 4 is 5.91 Å². The Morgan fingerprint density at radius 1 is 0.968 bits per heavy atom. The molecule has 0 aliphatic carbocycles. The van der Waals surface area contributed by atoms with Crippen LogP contribution >= 0.6 is 0 Å². The van der Waals surface area contributed by atoms with Crippen molar-refractivity contribution in [2.24, 2.45) is 0 Å². The SMILES string of the molecule is O=C(COc1ccccc1)NCCn1cc(-c2ccncc2)c(-c2ccccc2F)n1. The molecule has 1 N–H and O–H groups in total. The molecule has 4 rings (SSSR count). The fourth-order valence-electron chi connectivity index (χ4n) is 3.16. The first-order valence-corrected chi connectivity index (χ1v) is 9.88. The van der Waals surface area contributed by atoms with Gasteiger partial charge < -0.3 is 10.1 Å². The number of ether oxygens (including phenoxy) is 1. The maximum Gasteiger partial charge on any atom is 0.258 e. The Balaban J connectivity index is 1.44. The summed E-state index contributed by atoms with van der Waals surface area (Å²) < 4.78 is 21.6. The minimum absolute atomic E-state index is 0.0636. The zero-order valence-corrected chi connectivity index (χ0v) is 16.7. The molecule has 0 spiro atoms. The van der Waals surface area contributed by atoms with E-state index >= 15 is 0 Å². The number of hydrogen-bond acceptors (Lipinski definition) is 4. The van der Waals surface area contributed by atoms with Gasteiger partial charge in [-0.2, -0.15) is 5.10 Å². The number of hydrogen-bond donors (Lipinski definition) is 1. The molecule has 0 fully saturated rings. The summed E-state index contributed by atoms with van der Waals surface area (Å²) in [6, 6.07) is 19.4. The number of aromatic nitrogens is 3. The molecule has 0 aliphatic rings. The summed E-state index contributed by atoms with van der Waals surface area (Å²) in [5.41, 5.74) is 2.66. The number of rotatable bonds is 8. The van der Waals surface area contributed by atoms with Gasteiger partial charge in [-0.25, -0.2) is 4.39 Å². The lowest BCUT2D eigenvalue weighted by Crippen LogP contribution is -2.31. The number of nitrogens with zero attached hydrogens (tertiary/aromatic N) is 3. The van der Waals surface area contributed by atoms with E-state index in [1.807, 2.05) is 36.5 Å². The van der Waals surface area contributed by atoms with Crippen LogP contribution in [-0.4, -0.2) is 33.8 Å². The van der Waals surface area contributed by atoms with Crippen molar-refractivity contribution in [3.63, 3.8) is 0 Å². The lowest BCUT2D eigenvalue weighted by molar-refractivity contribution is -0.123. The Morgan fingerprint density at radius 3 is 2.48 bits per heavy atom. The lowest BCUT2D eigenvalue weighted by atomic mass is 10.0. The first kappa shape index (κ1) is 20.3. The van der Waals surface area contributed by atoms with Crippen molar-refractivity contribution in [2.75, 3.05) is 13.2 Å². The Kier molecular flexibility index (Phi) is 6.32. The normalized spacial score (nSPS) is 10.6. The first-order valence-electron chi connectivity index (χ1n) is 9.88. The lowest BCUT2D eigenvalue weighted by Gasteiger charge is -2.07. The molecule has 0 saturated carbocycles. The van der Waals surface area contributed by atoms with E-state index in [2.05, 4.69) is 15.4 Å². The highest BCUT2D eigenvalue weighted by Crippen LogP contribution is 2.32. The summed E-state index contributed by atoms with van der Waals surface area (Å²) >= 11 is 0. The monoisotopic (exact) mass is 416 g/mol. The molecule has 0 bridgehead atoms. The summed E-state index contributed by atoms with van der Waals surface area (Å²) in [5.74, 6) is 0.0790. The van der Waals surface area contributed by atoms with Crippen LogP contribution in [0.3, 0.4) is 0 Å².